The molecule has 5 heteroatoms. The van der Waals surface area contributed by atoms with E-state index in [2.05, 4.69) is 55.7 Å². The van der Waals surface area contributed by atoms with Gasteiger partial charge in [0.1, 0.15) is 0 Å². The van der Waals surface area contributed by atoms with Crippen LogP contribution in [0.25, 0.3) is 11.0 Å². The van der Waals surface area contributed by atoms with Crippen LogP contribution in [0.15, 0.2) is 71.7 Å². The van der Waals surface area contributed by atoms with Gasteiger partial charge in [0.05, 0.1) is 17.6 Å². The van der Waals surface area contributed by atoms with Crippen LogP contribution < -0.4 is 9.47 Å². The van der Waals surface area contributed by atoms with Crippen LogP contribution in [-0.4, -0.2) is 22.6 Å². The van der Waals surface area contributed by atoms with Gasteiger partial charge in [-0.2, -0.15) is 0 Å². The van der Waals surface area contributed by atoms with Gasteiger partial charge in [-0.1, -0.05) is 57.2 Å². The van der Waals surface area contributed by atoms with E-state index in [1.54, 1.807) is 0 Å². The zero-order chi connectivity index (χ0) is 21.4. The molecule has 0 unspecified atom stereocenters. The summed E-state index contributed by atoms with van der Waals surface area (Å²) in [4.78, 5) is 9.48. The Labute approximate surface area is 182 Å². The second-order valence-electron chi connectivity index (χ2n) is 8.80. The maximum absolute atomic E-state index is 5.47. The van der Waals surface area contributed by atoms with Gasteiger partial charge in [-0.15, -0.1) is 0 Å². The van der Waals surface area contributed by atoms with Crippen molar-refractivity contribution in [1.29, 1.82) is 0 Å². The third kappa shape index (κ3) is 3.91. The van der Waals surface area contributed by atoms with Crippen LogP contribution in [0.4, 0.5) is 5.95 Å². The summed E-state index contributed by atoms with van der Waals surface area (Å²) in [7, 11) is 0. The number of nitrogens with zero attached hydrogens (tertiary/aromatic N) is 3. The topological polar surface area (TPSA) is 48.6 Å². The van der Waals surface area contributed by atoms with Gasteiger partial charge in [-0.05, 0) is 52.4 Å². The van der Waals surface area contributed by atoms with Crippen molar-refractivity contribution in [2.75, 3.05) is 6.79 Å². The highest BCUT2D eigenvalue weighted by molar-refractivity contribution is 5.84. The van der Waals surface area contributed by atoms with E-state index in [0.717, 1.165) is 28.1 Å². The summed E-state index contributed by atoms with van der Waals surface area (Å²) in [6.45, 7) is 7.66. The molecule has 156 valence electrons. The van der Waals surface area contributed by atoms with Crippen molar-refractivity contribution in [2.24, 2.45) is 4.99 Å². The van der Waals surface area contributed by atoms with Crippen molar-refractivity contribution < 1.29 is 9.47 Å². The summed E-state index contributed by atoms with van der Waals surface area (Å²) in [5.74, 6) is 2.19. The lowest BCUT2D eigenvalue weighted by Crippen LogP contribution is -2.11. The first-order chi connectivity index (χ1) is 15.0. The Kier molecular flexibility index (Phi) is 4.74. The molecule has 0 fully saturated rings. The largest absolute Gasteiger partial charge is 0.454 e. The molecular weight excluding hydrogens is 386 g/mol. The molecule has 0 radical (unpaired) electrons. The van der Waals surface area contributed by atoms with Gasteiger partial charge in [0.15, 0.2) is 11.5 Å². The third-order valence-electron chi connectivity index (χ3n) is 5.52. The van der Waals surface area contributed by atoms with E-state index < -0.39 is 0 Å². The summed E-state index contributed by atoms with van der Waals surface area (Å²) in [5.41, 5.74) is 5.63. The summed E-state index contributed by atoms with van der Waals surface area (Å²) >= 11 is 0. The minimum absolute atomic E-state index is 0.139. The molecule has 0 amide bonds. The summed E-state index contributed by atoms with van der Waals surface area (Å²) < 4.78 is 13.0. The standard InChI is InChI=1S/C26H25N3O2/c1-26(2,3)20-11-8-18(9-12-20)16-29-22-7-5-4-6-21(22)28-25(29)27-15-19-10-13-23-24(14-19)31-17-30-23/h4-15H,16-17H2,1-3H3/b27-15+. The van der Waals surface area contributed by atoms with Gasteiger partial charge < -0.3 is 14.0 Å². The highest BCUT2D eigenvalue weighted by Gasteiger charge is 2.15. The number of rotatable bonds is 4. The van der Waals surface area contributed by atoms with Crippen molar-refractivity contribution in [3.8, 4) is 11.5 Å². The van der Waals surface area contributed by atoms with Crippen LogP contribution in [0.1, 0.15) is 37.5 Å². The minimum Gasteiger partial charge on any atom is -0.454 e. The van der Waals surface area contributed by atoms with Gasteiger partial charge in [0, 0.05) is 6.21 Å². The molecule has 5 rings (SSSR count). The number of para-hydroxylation sites is 2. The van der Waals surface area contributed by atoms with E-state index >= 15 is 0 Å². The lowest BCUT2D eigenvalue weighted by Gasteiger charge is -2.19. The fourth-order valence-corrected chi connectivity index (χ4v) is 3.74. The van der Waals surface area contributed by atoms with Crippen molar-refractivity contribution >= 4 is 23.2 Å². The average molecular weight is 412 g/mol. The van der Waals surface area contributed by atoms with Gasteiger partial charge in [-0.3, -0.25) is 0 Å². The molecule has 1 aromatic heterocycles. The predicted octanol–water partition coefficient (Wildman–Crippen LogP) is 5.86. The molecule has 3 aromatic carbocycles. The molecule has 0 aliphatic carbocycles. The molecule has 2 heterocycles. The van der Waals surface area contributed by atoms with Crippen LogP contribution in [0.3, 0.4) is 0 Å². The molecule has 1 aliphatic heterocycles. The smallest absolute Gasteiger partial charge is 0.231 e. The highest BCUT2D eigenvalue weighted by Crippen LogP contribution is 2.32. The molecule has 31 heavy (non-hydrogen) atoms. The van der Waals surface area contributed by atoms with Crippen LogP contribution in [0, 0.1) is 0 Å². The Hall–Kier alpha value is -3.60. The number of hydrogen-bond donors (Lipinski definition) is 0. The predicted molar refractivity (Wildman–Crippen MR) is 124 cm³/mol. The number of aromatic nitrogens is 2. The van der Waals surface area contributed by atoms with Crippen molar-refractivity contribution in [1.82, 2.24) is 9.55 Å². The van der Waals surface area contributed by atoms with Crippen molar-refractivity contribution in [2.45, 2.75) is 32.7 Å². The number of benzene rings is 3. The van der Waals surface area contributed by atoms with Crippen molar-refractivity contribution in [3.63, 3.8) is 0 Å². The molecule has 0 saturated carbocycles. The molecular formula is C26H25N3O2. The van der Waals surface area contributed by atoms with Crippen molar-refractivity contribution in [3.05, 3.63) is 83.4 Å². The Morgan fingerprint density at radius 3 is 2.55 bits per heavy atom. The average Bonchev–Trinajstić information content (AvgIpc) is 3.36. The summed E-state index contributed by atoms with van der Waals surface area (Å²) in [5, 5.41) is 0. The summed E-state index contributed by atoms with van der Waals surface area (Å²) in [6, 6.07) is 22.8. The van der Waals surface area contributed by atoms with Gasteiger partial charge in [0.2, 0.25) is 12.7 Å². The SMILES string of the molecule is CC(C)(C)c1ccc(Cn2c(/N=C/c3ccc4c(c3)OCO4)nc3ccccc32)cc1. The fraction of sp³-hybridized carbons (Fsp3) is 0.231. The summed E-state index contributed by atoms with van der Waals surface area (Å²) in [6.07, 6.45) is 1.82. The molecule has 0 N–H and O–H groups in total. The van der Waals surface area contributed by atoms with E-state index in [4.69, 9.17) is 19.5 Å². The monoisotopic (exact) mass is 411 g/mol. The van der Waals surface area contributed by atoms with E-state index in [0.29, 0.717) is 12.5 Å². The first kappa shape index (κ1) is 19.4. The van der Waals surface area contributed by atoms with Crippen LogP contribution in [0.2, 0.25) is 0 Å². The van der Waals surface area contributed by atoms with Crippen LogP contribution in [-0.2, 0) is 12.0 Å². The number of aliphatic imine (C=N–C) groups is 1. The normalized spacial score (nSPS) is 13.4. The molecule has 0 saturated heterocycles. The minimum atomic E-state index is 0.139. The molecule has 1 aliphatic rings. The van der Waals surface area contributed by atoms with Gasteiger partial charge in [-0.25, -0.2) is 9.98 Å². The number of fused-ring (bicyclic) bond motifs is 2. The molecule has 0 bridgehead atoms. The number of imidazole rings is 1. The fourth-order valence-electron chi connectivity index (χ4n) is 3.74. The number of ether oxygens (including phenoxy) is 2. The maximum atomic E-state index is 5.47. The first-order valence-corrected chi connectivity index (χ1v) is 10.5. The maximum Gasteiger partial charge on any atom is 0.231 e. The lowest BCUT2D eigenvalue weighted by molar-refractivity contribution is 0.174. The van der Waals surface area contributed by atoms with E-state index in [9.17, 15) is 0 Å². The Balaban J connectivity index is 1.48. The van der Waals surface area contributed by atoms with E-state index in [1.165, 1.54) is 11.1 Å². The van der Waals surface area contributed by atoms with Gasteiger partial charge in [0.25, 0.3) is 0 Å². The van der Waals surface area contributed by atoms with E-state index in [1.807, 2.05) is 42.6 Å². The molecule has 4 aromatic rings. The van der Waals surface area contributed by atoms with E-state index in [-0.39, 0.29) is 12.2 Å². The van der Waals surface area contributed by atoms with Crippen LogP contribution in [0.5, 0.6) is 11.5 Å². The first-order valence-electron chi connectivity index (χ1n) is 10.5. The third-order valence-corrected chi connectivity index (χ3v) is 5.52. The zero-order valence-electron chi connectivity index (χ0n) is 18.0. The molecule has 0 atom stereocenters. The molecule has 5 nitrogen and oxygen atoms in total. The lowest BCUT2D eigenvalue weighted by atomic mass is 9.87. The highest BCUT2D eigenvalue weighted by atomic mass is 16.7. The second-order valence-corrected chi connectivity index (χ2v) is 8.80. The molecule has 0 spiro atoms. The van der Waals surface area contributed by atoms with Crippen LogP contribution >= 0.6 is 0 Å². The zero-order valence-corrected chi connectivity index (χ0v) is 18.0. The second kappa shape index (κ2) is 7.58. The Bertz CT molecular complexity index is 1260. The quantitative estimate of drug-likeness (QED) is 0.395. The van der Waals surface area contributed by atoms with Gasteiger partial charge >= 0.3 is 0 Å². The Morgan fingerprint density at radius 2 is 1.74 bits per heavy atom. The Morgan fingerprint density at radius 1 is 0.968 bits per heavy atom. The number of hydrogen-bond acceptors (Lipinski definition) is 4.